The molecule has 0 aromatic heterocycles. The fourth-order valence-electron chi connectivity index (χ4n) is 1.83. The van der Waals surface area contributed by atoms with E-state index < -0.39 is 0 Å². The largest absolute Gasteiger partial charge is 0.468 e. The van der Waals surface area contributed by atoms with E-state index >= 15 is 0 Å². The maximum Gasteiger partial charge on any atom is 0.322 e. The zero-order valence-corrected chi connectivity index (χ0v) is 9.53. The number of unbranched alkanes of at least 4 members (excludes halogenated alkanes) is 1. The van der Waals surface area contributed by atoms with Gasteiger partial charge in [-0.25, -0.2) is 0 Å². The Morgan fingerprint density at radius 1 is 1.60 bits per heavy atom. The van der Waals surface area contributed by atoms with E-state index in [1.165, 1.54) is 7.11 Å². The van der Waals surface area contributed by atoms with Crippen LogP contribution in [0.5, 0.6) is 0 Å². The van der Waals surface area contributed by atoms with Gasteiger partial charge in [0.15, 0.2) is 0 Å². The first-order valence-corrected chi connectivity index (χ1v) is 5.69. The number of ether oxygens (including phenoxy) is 1. The lowest BCUT2D eigenvalue weighted by Gasteiger charge is -2.34. The number of aliphatic hydroxyl groups is 1. The van der Waals surface area contributed by atoms with Crippen LogP contribution in [0, 0.1) is 0 Å². The van der Waals surface area contributed by atoms with E-state index in [2.05, 4.69) is 12.2 Å². The number of aliphatic hydroxyl groups excluding tert-OH is 1. The molecule has 2 N–H and O–H groups in total. The Morgan fingerprint density at radius 2 is 2.27 bits per heavy atom. The monoisotopic (exact) mass is 215 g/mol. The first-order valence-electron chi connectivity index (χ1n) is 5.69. The van der Waals surface area contributed by atoms with Crippen molar-refractivity contribution < 1.29 is 14.6 Å². The van der Waals surface area contributed by atoms with Gasteiger partial charge in [-0.1, -0.05) is 19.8 Å². The van der Waals surface area contributed by atoms with Crippen LogP contribution in [0.1, 0.15) is 39.0 Å². The summed E-state index contributed by atoms with van der Waals surface area (Å²) < 4.78 is 4.74. The fraction of sp³-hybridized carbons (Fsp3) is 0.909. The van der Waals surface area contributed by atoms with Crippen LogP contribution in [0.2, 0.25) is 0 Å². The molecule has 0 heterocycles. The van der Waals surface area contributed by atoms with Gasteiger partial charge in [0.1, 0.15) is 6.04 Å². The lowest BCUT2D eigenvalue weighted by atomic mass is 9.88. The molecule has 1 aliphatic carbocycles. The topological polar surface area (TPSA) is 58.6 Å². The van der Waals surface area contributed by atoms with Crippen molar-refractivity contribution in [2.24, 2.45) is 0 Å². The lowest BCUT2D eigenvalue weighted by molar-refractivity contribution is -0.144. The maximum atomic E-state index is 11.4. The molecule has 4 heteroatoms. The summed E-state index contributed by atoms with van der Waals surface area (Å²) in [5.74, 6) is -0.190. The Hall–Kier alpha value is -0.610. The van der Waals surface area contributed by atoms with Gasteiger partial charge in [0.2, 0.25) is 0 Å². The van der Waals surface area contributed by atoms with Crippen molar-refractivity contribution in [3.05, 3.63) is 0 Å². The summed E-state index contributed by atoms with van der Waals surface area (Å²) in [6.07, 6.45) is 4.21. The smallest absolute Gasteiger partial charge is 0.322 e. The van der Waals surface area contributed by atoms with Crippen molar-refractivity contribution >= 4 is 5.97 Å². The van der Waals surface area contributed by atoms with Crippen molar-refractivity contribution in [1.29, 1.82) is 0 Å². The van der Waals surface area contributed by atoms with Gasteiger partial charge in [-0.15, -0.1) is 0 Å². The highest BCUT2D eigenvalue weighted by Crippen LogP contribution is 2.20. The number of esters is 1. The molecule has 1 saturated carbocycles. The van der Waals surface area contributed by atoms with E-state index in [1.807, 2.05) is 0 Å². The number of methoxy groups -OCH3 is 1. The summed E-state index contributed by atoms with van der Waals surface area (Å²) in [6.45, 7) is 2.10. The molecule has 15 heavy (non-hydrogen) atoms. The van der Waals surface area contributed by atoms with Gasteiger partial charge >= 0.3 is 5.97 Å². The van der Waals surface area contributed by atoms with Gasteiger partial charge in [-0.2, -0.15) is 0 Å². The SMILES string of the molecule is CCCCC(NC1CC(O)C1)C(=O)OC. The van der Waals surface area contributed by atoms with E-state index in [0.717, 1.165) is 32.1 Å². The quantitative estimate of drug-likeness (QED) is 0.644. The highest BCUT2D eigenvalue weighted by Gasteiger charge is 2.31. The number of carbonyl (C=O) groups excluding carboxylic acids is 1. The molecule has 0 saturated heterocycles. The second kappa shape index (κ2) is 6.08. The summed E-state index contributed by atoms with van der Waals surface area (Å²) in [5.41, 5.74) is 0. The standard InChI is InChI=1S/C11H21NO3/c1-3-4-5-10(11(14)15-2)12-8-6-9(13)7-8/h8-10,12-13H,3-7H2,1-2H3. The second-order valence-electron chi connectivity index (χ2n) is 4.21. The van der Waals surface area contributed by atoms with Crippen LogP contribution >= 0.6 is 0 Å². The van der Waals surface area contributed by atoms with Gasteiger partial charge in [0.25, 0.3) is 0 Å². The first-order chi connectivity index (χ1) is 7.17. The van der Waals surface area contributed by atoms with E-state index in [-0.39, 0.29) is 24.2 Å². The Kier molecular flexibility index (Phi) is 5.05. The van der Waals surface area contributed by atoms with Crippen molar-refractivity contribution in [3.63, 3.8) is 0 Å². The molecule has 88 valence electrons. The van der Waals surface area contributed by atoms with Gasteiger partial charge in [0.05, 0.1) is 13.2 Å². The fourth-order valence-corrected chi connectivity index (χ4v) is 1.83. The predicted molar refractivity (Wildman–Crippen MR) is 57.5 cm³/mol. The highest BCUT2D eigenvalue weighted by molar-refractivity contribution is 5.75. The molecule has 0 spiro atoms. The van der Waals surface area contributed by atoms with Gasteiger partial charge in [-0.3, -0.25) is 4.79 Å². The first kappa shape index (κ1) is 12.5. The zero-order valence-electron chi connectivity index (χ0n) is 9.53. The molecule has 0 aliphatic heterocycles. The Morgan fingerprint density at radius 3 is 2.73 bits per heavy atom. The molecule has 1 rings (SSSR count). The third-order valence-corrected chi connectivity index (χ3v) is 2.88. The van der Waals surface area contributed by atoms with E-state index in [0.29, 0.717) is 0 Å². The Balaban J connectivity index is 2.31. The van der Waals surface area contributed by atoms with E-state index in [9.17, 15) is 4.79 Å². The number of hydrogen-bond donors (Lipinski definition) is 2. The maximum absolute atomic E-state index is 11.4. The molecule has 0 aromatic rings. The number of nitrogens with one attached hydrogen (secondary N) is 1. The van der Waals surface area contributed by atoms with Crippen molar-refractivity contribution in [2.45, 2.75) is 57.2 Å². The van der Waals surface area contributed by atoms with Crippen LogP contribution in [0.4, 0.5) is 0 Å². The van der Waals surface area contributed by atoms with Gasteiger partial charge < -0.3 is 15.2 Å². The van der Waals surface area contributed by atoms with Gasteiger partial charge in [0, 0.05) is 6.04 Å². The third-order valence-electron chi connectivity index (χ3n) is 2.88. The number of carbonyl (C=O) groups is 1. The van der Waals surface area contributed by atoms with Crippen LogP contribution in [0.15, 0.2) is 0 Å². The zero-order chi connectivity index (χ0) is 11.3. The summed E-state index contributed by atoms with van der Waals surface area (Å²) >= 11 is 0. The summed E-state index contributed by atoms with van der Waals surface area (Å²) in [7, 11) is 1.42. The predicted octanol–water partition coefficient (Wildman–Crippen LogP) is 0.831. The Bertz CT molecular complexity index is 202. The minimum Gasteiger partial charge on any atom is -0.468 e. The molecule has 1 atom stereocenters. The molecule has 0 radical (unpaired) electrons. The molecule has 4 nitrogen and oxygen atoms in total. The van der Waals surface area contributed by atoms with Crippen molar-refractivity contribution in [2.75, 3.05) is 7.11 Å². The second-order valence-corrected chi connectivity index (χ2v) is 4.21. The molecule has 0 aromatic carbocycles. The number of hydrogen-bond acceptors (Lipinski definition) is 4. The van der Waals surface area contributed by atoms with Crippen LogP contribution < -0.4 is 5.32 Å². The Labute approximate surface area is 91.0 Å². The average molecular weight is 215 g/mol. The summed E-state index contributed by atoms with van der Waals surface area (Å²) in [6, 6.07) is 0.0772. The molecular weight excluding hydrogens is 194 g/mol. The molecule has 1 unspecified atom stereocenters. The molecule has 1 fully saturated rings. The van der Waals surface area contributed by atoms with Crippen LogP contribution in [-0.4, -0.2) is 36.4 Å². The molecule has 0 bridgehead atoms. The van der Waals surface area contributed by atoms with Crippen molar-refractivity contribution in [1.82, 2.24) is 5.32 Å². The lowest BCUT2D eigenvalue weighted by Crippen LogP contribution is -2.51. The van der Waals surface area contributed by atoms with Crippen LogP contribution in [0.3, 0.4) is 0 Å². The van der Waals surface area contributed by atoms with Crippen LogP contribution in [-0.2, 0) is 9.53 Å². The molecule has 1 aliphatic rings. The third kappa shape index (κ3) is 3.80. The summed E-state index contributed by atoms with van der Waals surface area (Å²) in [5, 5.41) is 12.4. The number of rotatable bonds is 6. The molecular formula is C11H21NO3. The molecule has 0 amide bonds. The average Bonchev–Trinajstić information content (AvgIpc) is 2.20. The highest BCUT2D eigenvalue weighted by atomic mass is 16.5. The van der Waals surface area contributed by atoms with E-state index in [4.69, 9.17) is 9.84 Å². The summed E-state index contributed by atoms with van der Waals surface area (Å²) in [4.78, 5) is 11.4. The normalized spacial score (nSPS) is 26.9. The van der Waals surface area contributed by atoms with Crippen molar-refractivity contribution in [3.8, 4) is 0 Å². The van der Waals surface area contributed by atoms with Crippen LogP contribution in [0.25, 0.3) is 0 Å². The van der Waals surface area contributed by atoms with E-state index in [1.54, 1.807) is 0 Å². The van der Waals surface area contributed by atoms with Gasteiger partial charge in [-0.05, 0) is 19.3 Å². The minimum atomic E-state index is -0.201. The minimum absolute atomic E-state index is 0.188.